The molecule has 2 rings (SSSR count). The van der Waals surface area contributed by atoms with Crippen LogP contribution in [0, 0.1) is 11.8 Å². The van der Waals surface area contributed by atoms with Gasteiger partial charge in [-0.1, -0.05) is 18.2 Å². The van der Waals surface area contributed by atoms with Crippen molar-refractivity contribution in [2.24, 2.45) is 22.0 Å². The first-order valence-electron chi connectivity index (χ1n) is 6.47. The monoisotopic (exact) mass is 348 g/mol. The normalized spacial score (nSPS) is 22.1. The minimum absolute atomic E-state index is 0.0564. The van der Waals surface area contributed by atoms with Crippen LogP contribution in [-0.4, -0.2) is 27.0 Å². The summed E-state index contributed by atoms with van der Waals surface area (Å²) in [6.45, 7) is 4.95. The van der Waals surface area contributed by atoms with Crippen LogP contribution in [0.2, 0.25) is 0 Å². The number of H-pyrrole nitrogens is 2. The molecule has 1 fully saturated rings. The summed E-state index contributed by atoms with van der Waals surface area (Å²) in [4.78, 5) is 26.7. The van der Waals surface area contributed by atoms with Gasteiger partial charge < -0.3 is 4.98 Å². The Labute approximate surface area is 132 Å². The fraction of sp³-hybridized carbons (Fsp3) is 0.385. The summed E-state index contributed by atoms with van der Waals surface area (Å²) >= 11 is 5.81. The molecule has 0 aliphatic heterocycles. The van der Waals surface area contributed by atoms with Crippen molar-refractivity contribution in [1.29, 1.82) is 0 Å². The molecule has 124 valence electrons. The van der Waals surface area contributed by atoms with Gasteiger partial charge >= 0.3 is 11.9 Å². The number of rotatable bonds is 4. The van der Waals surface area contributed by atoms with Crippen molar-refractivity contribution < 1.29 is 13.2 Å². The predicted molar refractivity (Wildman–Crippen MR) is 80.0 cm³/mol. The van der Waals surface area contributed by atoms with E-state index >= 15 is 0 Å². The summed E-state index contributed by atoms with van der Waals surface area (Å²) in [6, 6.07) is 0. The Morgan fingerprint density at radius 1 is 1.39 bits per heavy atom. The Morgan fingerprint density at radius 2 is 2.04 bits per heavy atom. The van der Waals surface area contributed by atoms with Crippen LogP contribution in [0.5, 0.6) is 0 Å². The number of aromatic amines is 2. The maximum absolute atomic E-state index is 12.5. The number of nitrogens with one attached hydrogen (secondary N) is 2. The second-order valence-electron chi connectivity index (χ2n) is 5.08. The lowest BCUT2D eigenvalue weighted by molar-refractivity contribution is -0.149. The van der Waals surface area contributed by atoms with E-state index in [9.17, 15) is 22.8 Å². The maximum Gasteiger partial charge on any atom is 0.392 e. The molecular formula is C13H12ClF3N4O2. The number of alkyl halides is 3. The van der Waals surface area contributed by atoms with E-state index in [0.29, 0.717) is 0 Å². The highest BCUT2D eigenvalue weighted by molar-refractivity contribution is 6.69. The standard InChI is InChI=1S/C13H12ClF3N4O2/c1-5(7-3-9(7)13(15,16)17)10(14)21-20-6(2)8-4-18-12(23)19-11(8)22/h4,7,9H,1,3H2,2H3,(H2,18,19,22,23)/b20-6+,21-10+/t7-,9+/m1/s1. The molecule has 0 amide bonds. The van der Waals surface area contributed by atoms with Gasteiger partial charge in [-0.25, -0.2) is 4.79 Å². The molecule has 10 heteroatoms. The van der Waals surface area contributed by atoms with Crippen LogP contribution in [0.1, 0.15) is 18.9 Å². The summed E-state index contributed by atoms with van der Waals surface area (Å²) < 4.78 is 37.5. The number of halogens is 4. The Kier molecular flexibility index (Phi) is 4.60. The molecule has 1 saturated carbocycles. The zero-order valence-corrected chi connectivity index (χ0v) is 12.6. The van der Waals surface area contributed by atoms with Crippen LogP contribution < -0.4 is 11.2 Å². The van der Waals surface area contributed by atoms with Gasteiger partial charge in [0.25, 0.3) is 5.56 Å². The van der Waals surface area contributed by atoms with E-state index in [-0.39, 0.29) is 28.4 Å². The van der Waals surface area contributed by atoms with Crippen molar-refractivity contribution in [2.75, 3.05) is 0 Å². The first-order chi connectivity index (χ1) is 10.6. The van der Waals surface area contributed by atoms with E-state index in [4.69, 9.17) is 11.6 Å². The van der Waals surface area contributed by atoms with Gasteiger partial charge in [0.05, 0.1) is 17.2 Å². The predicted octanol–water partition coefficient (Wildman–Crippen LogP) is 2.18. The third-order valence-electron chi connectivity index (χ3n) is 3.42. The third-order valence-corrected chi connectivity index (χ3v) is 3.74. The van der Waals surface area contributed by atoms with Crippen molar-refractivity contribution >= 4 is 22.5 Å². The average Bonchev–Trinajstić information content (AvgIpc) is 3.23. The molecule has 6 nitrogen and oxygen atoms in total. The summed E-state index contributed by atoms with van der Waals surface area (Å²) in [5.74, 6) is -2.25. The van der Waals surface area contributed by atoms with E-state index in [2.05, 4.69) is 21.8 Å². The molecule has 0 spiro atoms. The van der Waals surface area contributed by atoms with E-state index in [1.165, 1.54) is 6.92 Å². The van der Waals surface area contributed by atoms with Crippen molar-refractivity contribution in [3.8, 4) is 0 Å². The van der Waals surface area contributed by atoms with Crippen LogP contribution >= 0.6 is 11.6 Å². The zero-order chi connectivity index (χ0) is 17.4. The van der Waals surface area contributed by atoms with Gasteiger partial charge in [0.1, 0.15) is 0 Å². The zero-order valence-electron chi connectivity index (χ0n) is 11.9. The molecule has 2 atom stereocenters. The van der Waals surface area contributed by atoms with Crippen LogP contribution in [0.3, 0.4) is 0 Å². The molecule has 2 N–H and O–H groups in total. The van der Waals surface area contributed by atoms with Gasteiger partial charge in [-0.2, -0.15) is 18.3 Å². The van der Waals surface area contributed by atoms with E-state index in [0.717, 1.165) is 6.20 Å². The highest BCUT2D eigenvalue weighted by Gasteiger charge is 2.57. The molecular weight excluding hydrogens is 337 g/mol. The second kappa shape index (κ2) is 6.15. The highest BCUT2D eigenvalue weighted by atomic mass is 35.5. The lowest BCUT2D eigenvalue weighted by Gasteiger charge is -2.05. The van der Waals surface area contributed by atoms with Gasteiger partial charge in [-0.05, 0) is 24.8 Å². The number of aromatic nitrogens is 2. The smallest absolute Gasteiger partial charge is 0.313 e. The number of hydrogen-bond donors (Lipinski definition) is 2. The van der Waals surface area contributed by atoms with Crippen molar-refractivity contribution in [1.82, 2.24) is 9.97 Å². The summed E-state index contributed by atoms with van der Waals surface area (Å²) in [7, 11) is 0. The van der Waals surface area contributed by atoms with E-state index < -0.39 is 29.3 Å². The van der Waals surface area contributed by atoms with Crippen molar-refractivity contribution in [2.45, 2.75) is 19.5 Å². The summed E-state index contributed by atoms with van der Waals surface area (Å²) in [5.41, 5.74) is -1.09. The van der Waals surface area contributed by atoms with E-state index in [1.807, 2.05) is 4.98 Å². The Balaban J connectivity index is 2.14. The van der Waals surface area contributed by atoms with Gasteiger partial charge in [0, 0.05) is 6.20 Å². The molecule has 0 unspecified atom stereocenters. The van der Waals surface area contributed by atoms with Crippen molar-refractivity contribution in [3.63, 3.8) is 0 Å². The minimum atomic E-state index is -4.28. The first kappa shape index (κ1) is 17.2. The molecule has 23 heavy (non-hydrogen) atoms. The summed E-state index contributed by atoms with van der Waals surface area (Å²) in [5, 5.41) is 7.04. The Morgan fingerprint density at radius 3 is 2.57 bits per heavy atom. The Hall–Kier alpha value is -2.16. The summed E-state index contributed by atoms with van der Waals surface area (Å²) in [6.07, 6.45) is -3.21. The van der Waals surface area contributed by atoms with Gasteiger partial charge in [0.2, 0.25) is 0 Å². The molecule has 0 saturated heterocycles. The van der Waals surface area contributed by atoms with Gasteiger partial charge in [-0.15, -0.1) is 5.10 Å². The van der Waals surface area contributed by atoms with E-state index in [1.54, 1.807) is 0 Å². The quantitative estimate of drug-likeness (QED) is 0.645. The molecule has 1 aliphatic rings. The largest absolute Gasteiger partial charge is 0.392 e. The SMILES string of the molecule is C=C(/C(Cl)=N\N=C(/C)c1c[nH]c(=O)[nH]c1=O)[C@H]1C[C@@H]1C(F)(F)F. The fourth-order valence-corrected chi connectivity index (χ4v) is 2.19. The number of hydrogen-bond acceptors (Lipinski definition) is 4. The van der Waals surface area contributed by atoms with Crippen LogP contribution in [0.15, 0.2) is 38.1 Å². The molecule has 1 aromatic rings. The number of nitrogens with zero attached hydrogens (tertiary/aromatic N) is 2. The highest BCUT2D eigenvalue weighted by Crippen LogP contribution is 2.53. The third kappa shape index (κ3) is 3.98. The molecule has 1 aliphatic carbocycles. The minimum Gasteiger partial charge on any atom is -0.313 e. The maximum atomic E-state index is 12.5. The molecule has 1 heterocycles. The molecule has 0 aromatic carbocycles. The van der Waals surface area contributed by atoms with Crippen LogP contribution in [0.25, 0.3) is 0 Å². The molecule has 0 bridgehead atoms. The molecule has 1 aromatic heterocycles. The fourth-order valence-electron chi connectivity index (χ4n) is 2.01. The lowest BCUT2D eigenvalue weighted by Crippen LogP contribution is -2.26. The molecule has 0 radical (unpaired) electrons. The van der Waals surface area contributed by atoms with Crippen LogP contribution in [-0.2, 0) is 0 Å². The topological polar surface area (TPSA) is 90.4 Å². The first-order valence-corrected chi connectivity index (χ1v) is 6.85. The lowest BCUT2D eigenvalue weighted by atomic mass is 10.2. The van der Waals surface area contributed by atoms with Crippen LogP contribution in [0.4, 0.5) is 13.2 Å². The van der Waals surface area contributed by atoms with Crippen molar-refractivity contribution in [3.05, 3.63) is 44.8 Å². The Bertz CT molecular complexity index is 806. The van der Waals surface area contributed by atoms with Gasteiger partial charge in [-0.3, -0.25) is 9.78 Å². The number of allylic oxidation sites excluding steroid dienone is 1. The average molecular weight is 349 g/mol. The second-order valence-corrected chi connectivity index (χ2v) is 5.44. The van der Waals surface area contributed by atoms with Gasteiger partial charge in [0.15, 0.2) is 5.17 Å².